The Hall–Kier alpha value is -4.36. The molecule has 166 valence electrons. The molecule has 0 atom stereocenters. The molecule has 7 rings (SSSR count). The Balaban J connectivity index is 1.68. The summed E-state index contributed by atoms with van der Waals surface area (Å²) >= 11 is 3.55. The van der Waals surface area contributed by atoms with Gasteiger partial charge in [-0.15, -0.1) is 0 Å². The second-order valence-electron chi connectivity index (χ2n) is 8.29. The van der Waals surface area contributed by atoms with E-state index in [1.54, 1.807) is 0 Å². The molecule has 3 aromatic heterocycles. The minimum Gasteiger partial charge on any atom is -0.277 e. The fourth-order valence-corrected chi connectivity index (χ4v) is 4.99. The number of hydrogen-bond acceptors (Lipinski definition) is 4. The summed E-state index contributed by atoms with van der Waals surface area (Å²) in [7, 11) is 0. The second-order valence-corrected chi connectivity index (χ2v) is 9.21. The molecule has 0 saturated heterocycles. The Morgan fingerprint density at radius 2 is 1.40 bits per heavy atom. The highest BCUT2D eigenvalue weighted by molar-refractivity contribution is 9.10. The summed E-state index contributed by atoms with van der Waals surface area (Å²) in [4.78, 5) is 28.5. The summed E-state index contributed by atoms with van der Waals surface area (Å²) in [5.74, 6) is 0.758. The number of halogens is 1. The Kier molecular flexibility index (Phi) is 4.34. The summed E-state index contributed by atoms with van der Waals surface area (Å²) in [6.07, 6.45) is 0. The molecule has 0 spiro atoms. The van der Waals surface area contributed by atoms with Crippen LogP contribution < -0.4 is 5.56 Å². The number of nitrogens with zero attached hydrogens (tertiary/aromatic N) is 5. The van der Waals surface area contributed by atoms with Crippen LogP contribution in [0.5, 0.6) is 0 Å². The normalized spacial score (nSPS) is 11.7. The quantitative estimate of drug-likeness (QED) is 0.275. The number of hydrogen-bond donors (Lipinski definition) is 0. The van der Waals surface area contributed by atoms with Crippen molar-refractivity contribution in [1.29, 1.82) is 0 Å². The molecule has 0 aliphatic rings. The van der Waals surface area contributed by atoms with Gasteiger partial charge in [-0.05, 0) is 36.4 Å². The van der Waals surface area contributed by atoms with Gasteiger partial charge >= 0.3 is 0 Å². The van der Waals surface area contributed by atoms with Crippen molar-refractivity contribution in [2.75, 3.05) is 0 Å². The SMILES string of the molecule is O=c1c2ccc(Br)cc2n2c3ccccc3nc2n1-c1nc(-c2ccccc2)c2ccccc2n1. The molecule has 7 heteroatoms. The van der Waals surface area contributed by atoms with Crippen LogP contribution in [0.15, 0.2) is 106 Å². The maximum absolute atomic E-state index is 13.9. The van der Waals surface area contributed by atoms with Crippen molar-refractivity contribution in [2.45, 2.75) is 0 Å². The molecule has 0 amide bonds. The van der Waals surface area contributed by atoms with E-state index in [0.29, 0.717) is 11.2 Å². The zero-order chi connectivity index (χ0) is 23.5. The van der Waals surface area contributed by atoms with E-state index in [9.17, 15) is 4.79 Å². The van der Waals surface area contributed by atoms with E-state index < -0.39 is 0 Å². The van der Waals surface area contributed by atoms with Gasteiger partial charge in [-0.25, -0.2) is 19.5 Å². The fourth-order valence-electron chi connectivity index (χ4n) is 4.64. The number of benzene rings is 4. The van der Waals surface area contributed by atoms with E-state index in [0.717, 1.165) is 43.2 Å². The van der Waals surface area contributed by atoms with Gasteiger partial charge in [0.2, 0.25) is 11.7 Å². The summed E-state index contributed by atoms with van der Waals surface area (Å²) < 4.78 is 4.40. The third-order valence-electron chi connectivity index (χ3n) is 6.22. The predicted octanol–water partition coefficient (Wildman–Crippen LogP) is 6.16. The number of fused-ring (bicyclic) bond motifs is 6. The number of imidazole rings is 1. The maximum Gasteiger partial charge on any atom is 0.269 e. The zero-order valence-electron chi connectivity index (χ0n) is 18.3. The van der Waals surface area contributed by atoms with Gasteiger partial charge in [0, 0.05) is 15.4 Å². The van der Waals surface area contributed by atoms with Crippen molar-refractivity contribution in [3.05, 3.63) is 112 Å². The Bertz CT molecular complexity index is 1990. The molecule has 4 aromatic carbocycles. The number of rotatable bonds is 2. The van der Waals surface area contributed by atoms with Crippen molar-refractivity contribution in [1.82, 2.24) is 23.9 Å². The first-order chi connectivity index (χ1) is 17.2. The molecule has 35 heavy (non-hydrogen) atoms. The van der Waals surface area contributed by atoms with Gasteiger partial charge in [-0.3, -0.25) is 9.20 Å². The predicted molar refractivity (Wildman–Crippen MR) is 142 cm³/mol. The highest BCUT2D eigenvalue weighted by Gasteiger charge is 2.20. The molecule has 7 aromatic rings. The van der Waals surface area contributed by atoms with E-state index in [4.69, 9.17) is 15.0 Å². The number of para-hydroxylation sites is 3. The lowest BCUT2D eigenvalue weighted by Crippen LogP contribution is -2.23. The molecular formula is C28H16BrN5O. The van der Waals surface area contributed by atoms with Gasteiger partial charge in [0.05, 0.1) is 33.1 Å². The molecule has 0 aliphatic heterocycles. The highest BCUT2D eigenvalue weighted by Crippen LogP contribution is 2.29. The van der Waals surface area contributed by atoms with Crippen molar-refractivity contribution in [3.8, 4) is 17.2 Å². The van der Waals surface area contributed by atoms with E-state index >= 15 is 0 Å². The smallest absolute Gasteiger partial charge is 0.269 e. The van der Waals surface area contributed by atoms with Crippen molar-refractivity contribution >= 4 is 54.5 Å². The highest BCUT2D eigenvalue weighted by atomic mass is 79.9. The van der Waals surface area contributed by atoms with Gasteiger partial charge in [-0.1, -0.05) is 76.6 Å². The van der Waals surface area contributed by atoms with Gasteiger partial charge in [0.25, 0.3) is 5.56 Å². The van der Waals surface area contributed by atoms with E-state index in [-0.39, 0.29) is 11.5 Å². The standard InChI is InChI=1S/C28H16BrN5O/c29-18-14-15-20-24(16-18)33-23-13-7-6-12-22(23)31-28(33)34(26(20)35)27-30-21-11-5-4-10-19(21)25(32-27)17-8-2-1-3-9-17/h1-16H. The van der Waals surface area contributed by atoms with Crippen LogP contribution in [0.4, 0.5) is 0 Å². The number of aromatic nitrogens is 5. The first-order valence-corrected chi connectivity index (χ1v) is 11.9. The summed E-state index contributed by atoms with van der Waals surface area (Å²) in [5.41, 5.74) is 4.73. The van der Waals surface area contributed by atoms with Gasteiger partial charge in [0.15, 0.2) is 0 Å². The topological polar surface area (TPSA) is 65.1 Å². The third kappa shape index (κ3) is 3.02. The van der Waals surface area contributed by atoms with Crippen LogP contribution in [-0.2, 0) is 0 Å². The van der Waals surface area contributed by atoms with Gasteiger partial charge < -0.3 is 0 Å². The lowest BCUT2D eigenvalue weighted by Gasteiger charge is -2.13. The van der Waals surface area contributed by atoms with Crippen molar-refractivity contribution in [2.24, 2.45) is 0 Å². The van der Waals surface area contributed by atoms with E-state index in [2.05, 4.69) is 15.9 Å². The Labute approximate surface area is 207 Å². The fraction of sp³-hybridized carbons (Fsp3) is 0. The molecular weight excluding hydrogens is 502 g/mol. The van der Waals surface area contributed by atoms with Gasteiger partial charge in [-0.2, -0.15) is 0 Å². The maximum atomic E-state index is 13.9. The lowest BCUT2D eigenvalue weighted by molar-refractivity contribution is 0.903. The van der Waals surface area contributed by atoms with Gasteiger partial charge in [0.1, 0.15) is 0 Å². The lowest BCUT2D eigenvalue weighted by atomic mass is 10.1. The summed E-state index contributed by atoms with van der Waals surface area (Å²) in [5, 5.41) is 1.48. The average Bonchev–Trinajstić information content (AvgIpc) is 3.28. The van der Waals surface area contributed by atoms with Crippen LogP contribution in [0.1, 0.15) is 0 Å². The van der Waals surface area contributed by atoms with E-state index in [1.165, 1.54) is 4.57 Å². The van der Waals surface area contributed by atoms with Crippen LogP contribution in [0.3, 0.4) is 0 Å². The molecule has 0 N–H and O–H groups in total. The molecule has 3 heterocycles. The van der Waals surface area contributed by atoms with Crippen LogP contribution in [-0.4, -0.2) is 23.9 Å². The van der Waals surface area contributed by atoms with Crippen LogP contribution in [0, 0.1) is 0 Å². The molecule has 0 bridgehead atoms. The summed E-state index contributed by atoms with van der Waals surface area (Å²) in [6, 6.07) is 31.3. The molecule has 0 unspecified atom stereocenters. The van der Waals surface area contributed by atoms with Crippen molar-refractivity contribution < 1.29 is 0 Å². The van der Waals surface area contributed by atoms with Crippen LogP contribution in [0.2, 0.25) is 0 Å². The molecule has 0 fully saturated rings. The van der Waals surface area contributed by atoms with E-state index in [1.807, 2.05) is 101 Å². The zero-order valence-corrected chi connectivity index (χ0v) is 19.8. The first kappa shape index (κ1) is 20.1. The minimum atomic E-state index is -0.218. The second kappa shape index (κ2) is 7.58. The van der Waals surface area contributed by atoms with Crippen molar-refractivity contribution in [3.63, 3.8) is 0 Å². The largest absolute Gasteiger partial charge is 0.277 e. The Morgan fingerprint density at radius 1 is 0.657 bits per heavy atom. The molecule has 0 saturated carbocycles. The molecule has 0 aliphatic carbocycles. The molecule has 0 radical (unpaired) electrons. The third-order valence-corrected chi connectivity index (χ3v) is 6.71. The minimum absolute atomic E-state index is 0.218. The first-order valence-electron chi connectivity index (χ1n) is 11.1. The Morgan fingerprint density at radius 3 is 2.26 bits per heavy atom. The molecule has 6 nitrogen and oxygen atoms in total. The summed E-state index contributed by atoms with van der Waals surface area (Å²) in [6.45, 7) is 0. The van der Waals surface area contributed by atoms with Crippen LogP contribution in [0.25, 0.3) is 55.8 Å². The average molecular weight is 518 g/mol. The monoisotopic (exact) mass is 517 g/mol. The van der Waals surface area contributed by atoms with Crippen LogP contribution >= 0.6 is 15.9 Å².